The van der Waals surface area contributed by atoms with Crippen LogP contribution >= 0.6 is 0 Å². The van der Waals surface area contributed by atoms with Crippen LogP contribution in [0.25, 0.3) is 0 Å². The van der Waals surface area contributed by atoms with Crippen molar-refractivity contribution in [2.24, 2.45) is 0 Å². The first-order valence-electron chi connectivity index (χ1n) is 5.58. The van der Waals surface area contributed by atoms with Crippen molar-refractivity contribution in [3.63, 3.8) is 0 Å². The zero-order valence-electron chi connectivity index (χ0n) is 9.18. The van der Waals surface area contributed by atoms with Gasteiger partial charge in [-0.2, -0.15) is 0 Å². The predicted octanol–water partition coefficient (Wildman–Crippen LogP) is 3.67. The van der Waals surface area contributed by atoms with Gasteiger partial charge in [0.25, 0.3) is 0 Å². The van der Waals surface area contributed by atoms with Crippen LogP contribution in [0, 0.1) is 0 Å². The Hall–Kier alpha value is -0.300. The summed E-state index contributed by atoms with van der Waals surface area (Å²) >= 11 is 0. The summed E-state index contributed by atoms with van der Waals surface area (Å²) in [5.41, 5.74) is 1.03. The summed E-state index contributed by atoms with van der Waals surface area (Å²) in [6.07, 6.45) is 7.54. The van der Waals surface area contributed by atoms with Gasteiger partial charge in [0, 0.05) is 0 Å². The van der Waals surface area contributed by atoms with Gasteiger partial charge in [0.05, 0.1) is 6.10 Å². The van der Waals surface area contributed by atoms with E-state index in [0.717, 1.165) is 31.3 Å². The van der Waals surface area contributed by atoms with Gasteiger partial charge in [-0.15, -0.1) is 0 Å². The standard InChI is InChI=1S/C12H24O/c1-4-6-8-10-12(13)11(3)9-7-5-2/h12-13H,3-10H2,1-2H3. The second-order valence-corrected chi connectivity index (χ2v) is 3.77. The lowest BCUT2D eigenvalue weighted by molar-refractivity contribution is 0.192. The summed E-state index contributed by atoms with van der Waals surface area (Å²) in [6, 6.07) is 0. The van der Waals surface area contributed by atoms with Gasteiger partial charge in [0.15, 0.2) is 0 Å². The monoisotopic (exact) mass is 184 g/mol. The Morgan fingerprint density at radius 3 is 2.31 bits per heavy atom. The Morgan fingerprint density at radius 2 is 1.77 bits per heavy atom. The summed E-state index contributed by atoms with van der Waals surface area (Å²) in [5, 5.41) is 9.67. The lowest BCUT2D eigenvalue weighted by Gasteiger charge is -2.12. The molecule has 1 heteroatoms. The molecule has 0 radical (unpaired) electrons. The van der Waals surface area contributed by atoms with E-state index in [1.807, 2.05) is 0 Å². The molecule has 0 aromatic carbocycles. The summed E-state index contributed by atoms with van der Waals surface area (Å²) in [4.78, 5) is 0. The fourth-order valence-corrected chi connectivity index (χ4v) is 1.36. The largest absolute Gasteiger partial charge is 0.389 e. The number of unbranched alkanes of at least 4 members (excludes halogenated alkanes) is 3. The third-order valence-electron chi connectivity index (χ3n) is 2.40. The molecule has 0 rings (SSSR count). The topological polar surface area (TPSA) is 20.2 Å². The van der Waals surface area contributed by atoms with Gasteiger partial charge in [-0.3, -0.25) is 0 Å². The van der Waals surface area contributed by atoms with Gasteiger partial charge in [-0.1, -0.05) is 46.1 Å². The summed E-state index contributed by atoms with van der Waals surface area (Å²) in [6.45, 7) is 8.26. The van der Waals surface area contributed by atoms with Crippen molar-refractivity contribution in [2.45, 2.75) is 64.9 Å². The molecule has 0 saturated carbocycles. The molecule has 1 nitrogen and oxygen atoms in total. The maximum Gasteiger partial charge on any atom is 0.0747 e. The van der Waals surface area contributed by atoms with Crippen LogP contribution in [0.15, 0.2) is 12.2 Å². The predicted molar refractivity (Wildman–Crippen MR) is 58.8 cm³/mol. The van der Waals surface area contributed by atoms with Crippen LogP contribution in [0.2, 0.25) is 0 Å². The van der Waals surface area contributed by atoms with Gasteiger partial charge < -0.3 is 5.11 Å². The van der Waals surface area contributed by atoms with Crippen molar-refractivity contribution >= 4 is 0 Å². The highest BCUT2D eigenvalue weighted by Crippen LogP contribution is 2.14. The second kappa shape index (κ2) is 8.31. The van der Waals surface area contributed by atoms with Crippen molar-refractivity contribution in [1.29, 1.82) is 0 Å². The minimum atomic E-state index is -0.252. The molecule has 1 unspecified atom stereocenters. The van der Waals surface area contributed by atoms with Crippen LogP contribution < -0.4 is 0 Å². The number of hydrogen-bond donors (Lipinski definition) is 1. The van der Waals surface area contributed by atoms with Crippen molar-refractivity contribution in [3.8, 4) is 0 Å². The van der Waals surface area contributed by atoms with Gasteiger partial charge >= 0.3 is 0 Å². The Morgan fingerprint density at radius 1 is 1.15 bits per heavy atom. The fraction of sp³-hybridized carbons (Fsp3) is 0.833. The molecule has 1 N–H and O–H groups in total. The quantitative estimate of drug-likeness (QED) is 0.451. The molecule has 0 bridgehead atoms. The Kier molecular flexibility index (Phi) is 8.11. The zero-order valence-corrected chi connectivity index (χ0v) is 9.18. The normalized spacial score (nSPS) is 12.8. The number of aliphatic hydroxyl groups is 1. The Bertz CT molecular complexity index is 129. The third kappa shape index (κ3) is 6.83. The minimum absolute atomic E-state index is 0.252. The number of aliphatic hydroxyl groups excluding tert-OH is 1. The van der Waals surface area contributed by atoms with Crippen molar-refractivity contribution in [3.05, 3.63) is 12.2 Å². The average Bonchev–Trinajstić information content (AvgIpc) is 2.14. The van der Waals surface area contributed by atoms with E-state index in [9.17, 15) is 5.11 Å². The fourth-order valence-electron chi connectivity index (χ4n) is 1.36. The van der Waals surface area contributed by atoms with Crippen LogP contribution in [0.5, 0.6) is 0 Å². The van der Waals surface area contributed by atoms with Gasteiger partial charge in [-0.05, 0) is 24.8 Å². The molecule has 78 valence electrons. The average molecular weight is 184 g/mol. The Balaban J connectivity index is 3.45. The van der Waals surface area contributed by atoms with E-state index < -0.39 is 0 Å². The van der Waals surface area contributed by atoms with E-state index in [4.69, 9.17) is 0 Å². The maximum atomic E-state index is 9.67. The molecular weight excluding hydrogens is 160 g/mol. The minimum Gasteiger partial charge on any atom is -0.389 e. The lowest BCUT2D eigenvalue weighted by Crippen LogP contribution is -2.09. The van der Waals surface area contributed by atoms with E-state index in [1.54, 1.807) is 0 Å². The van der Waals surface area contributed by atoms with Crippen molar-refractivity contribution in [2.75, 3.05) is 0 Å². The second-order valence-electron chi connectivity index (χ2n) is 3.77. The molecule has 0 aromatic rings. The summed E-state index contributed by atoms with van der Waals surface area (Å²) in [7, 11) is 0. The van der Waals surface area contributed by atoms with Crippen molar-refractivity contribution < 1.29 is 5.11 Å². The van der Waals surface area contributed by atoms with E-state index in [1.165, 1.54) is 19.3 Å². The summed E-state index contributed by atoms with van der Waals surface area (Å²) in [5.74, 6) is 0. The van der Waals surface area contributed by atoms with Crippen LogP contribution in [0.4, 0.5) is 0 Å². The van der Waals surface area contributed by atoms with E-state index in [-0.39, 0.29) is 6.10 Å². The molecule has 0 heterocycles. The Labute approximate surface area is 82.9 Å². The third-order valence-corrected chi connectivity index (χ3v) is 2.40. The van der Waals surface area contributed by atoms with E-state index in [0.29, 0.717) is 0 Å². The molecule has 0 aliphatic heterocycles. The molecular formula is C12H24O. The SMILES string of the molecule is C=C(CCCC)C(O)CCCCC. The molecule has 0 spiro atoms. The maximum absolute atomic E-state index is 9.67. The first kappa shape index (κ1) is 12.7. The summed E-state index contributed by atoms with van der Waals surface area (Å²) < 4.78 is 0. The van der Waals surface area contributed by atoms with E-state index in [2.05, 4.69) is 20.4 Å². The molecule has 0 amide bonds. The zero-order chi connectivity index (χ0) is 10.1. The highest BCUT2D eigenvalue weighted by molar-refractivity contribution is 5.01. The highest BCUT2D eigenvalue weighted by Gasteiger charge is 2.06. The van der Waals surface area contributed by atoms with Gasteiger partial charge in [0.2, 0.25) is 0 Å². The first-order chi connectivity index (χ1) is 6.22. The van der Waals surface area contributed by atoms with Crippen LogP contribution in [-0.2, 0) is 0 Å². The van der Waals surface area contributed by atoms with Crippen LogP contribution in [0.1, 0.15) is 58.8 Å². The lowest BCUT2D eigenvalue weighted by atomic mass is 10.0. The van der Waals surface area contributed by atoms with Gasteiger partial charge in [0.1, 0.15) is 0 Å². The van der Waals surface area contributed by atoms with Crippen LogP contribution in [-0.4, -0.2) is 11.2 Å². The molecule has 0 fully saturated rings. The molecule has 0 aliphatic rings. The molecule has 1 atom stereocenters. The number of hydrogen-bond acceptors (Lipinski definition) is 1. The molecule has 0 aromatic heterocycles. The molecule has 0 aliphatic carbocycles. The van der Waals surface area contributed by atoms with E-state index >= 15 is 0 Å². The first-order valence-corrected chi connectivity index (χ1v) is 5.58. The molecule has 0 saturated heterocycles. The smallest absolute Gasteiger partial charge is 0.0747 e. The van der Waals surface area contributed by atoms with Crippen LogP contribution in [0.3, 0.4) is 0 Å². The highest BCUT2D eigenvalue weighted by atomic mass is 16.3. The van der Waals surface area contributed by atoms with Crippen molar-refractivity contribution in [1.82, 2.24) is 0 Å². The number of rotatable bonds is 8. The van der Waals surface area contributed by atoms with Gasteiger partial charge in [-0.25, -0.2) is 0 Å². The molecule has 13 heavy (non-hydrogen) atoms.